The molecule has 392 valence electrons. The molecule has 6 aromatic carbocycles. The van der Waals surface area contributed by atoms with E-state index in [0.29, 0.717) is 37.9 Å². The van der Waals surface area contributed by atoms with Crippen LogP contribution in [0.3, 0.4) is 0 Å². The Balaban J connectivity index is 0.000000221. The molecule has 0 saturated carbocycles. The van der Waals surface area contributed by atoms with Crippen molar-refractivity contribution in [2.24, 2.45) is 0 Å². The third-order valence-corrected chi connectivity index (χ3v) is 14.0. The van der Waals surface area contributed by atoms with Gasteiger partial charge in [0.2, 0.25) is 0 Å². The molecule has 0 amide bonds. The maximum absolute atomic E-state index is 10.9. The Kier molecular flexibility index (Phi) is 23.2. The van der Waals surface area contributed by atoms with Gasteiger partial charge in [-0.1, -0.05) is 127 Å². The van der Waals surface area contributed by atoms with Crippen LogP contribution in [0.25, 0.3) is 9.69 Å². The predicted octanol–water partition coefficient (Wildman–Crippen LogP) is 13.0. The second-order valence-electron chi connectivity index (χ2n) is 17.1. The lowest BCUT2D eigenvalue weighted by Crippen LogP contribution is -2.49. The molecule has 0 bridgehead atoms. The summed E-state index contributed by atoms with van der Waals surface area (Å²) in [6.07, 6.45) is 0.483. The first-order valence-electron chi connectivity index (χ1n) is 23.5. The summed E-state index contributed by atoms with van der Waals surface area (Å²) in [5.41, 5.74) is 7.39. The predicted molar refractivity (Wildman–Crippen MR) is 300 cm³/mol. The van der Waals surface area contributed by atoms with E-state index in [1.807, 2.05) is 72.8 Å². The molecule has 3 N–H and O–H groups in total. The number of hydrogen-bond donors (Lipinski definition) is 3. The van der Waals surface area contributed by atoms with E-state index in [1.54, 1.807) is 43.3 Å². The summed E-state index contributed by atoms with van der Waals surface area (Å²) in [7, 11) is -3.45. The number of hydrogen-bond acceptors (Lipinski definition) is 11. The summed E-state index contributed by atoms with van der Waals surface area (Å²) in [5.74, 6) is 1.30. The maximum atomic E-state index is 10.9. The van der Waals surface area contributed by atoms with Crippen molar-refractivity contribution in [2.45, 2.75) is 45.5 Å². The molecule has 2 saturated heterocycles. The van der Waals surface area contributed by atoms with Crippen molar-refractivity contribution in [3.63, 3.8) is 0 Å². The van der Waals surface area contributed by atoms with E-state index in [2.05, 4.69) is 60.9 Å². The Morgan fingerprint density at radius 2 is 1.11 bits per heavy atom. The quantitative estimate of drug-likeness (QED) is 0.0670. The highest BCUT2D eigenvalue weighted by Gasteiger charge is 2.32. The Bertz CT molecular complexity index is 2910. The van der Waals surface area contributed by atoms with Crippen LogP contribution in [0.1, 0.15) is 67.8 Å². The van der Waals surface area contributed by atoms with E-state index in [4.69, 9.17) is 83.4 Å². The maximum Gasteiger partial charge on any atom is 0.264 e. The molecule has 0 unspecified atom stereocenters. The van der Waals surface area contributed by atoms with E-state index in [0.717, 1.165) is 67.5 Å². The normalized spacial score (nSPS) is 16.4. The number of rotatable bonds is 15. The molecular weight excluding hydrogens is 1040 g/mol. The molecule has 0 spiro atoms. The minimum absolute atomic E-state index is 0. The van der Waals surface area contributed by atoms with Crippen molar-refractivity contribution < 1.29 is 32.3 Å². The fraction of sp³-hybridized carbons (Fsp3) is 0.321. The minimum atomic E-state index is -3.45. The van der Waals surface area contributed by atoms with Crippen LogP contribution < -0.4 is 24.6 Å². The van der Waals surface area contributed by atoms with Crippen LogP contribution in [0, 0.1) is 13.1 Å². The van der Waals surface area contributed by atoms with Gasteiger partial charge in [0.25, 0.3) is 10.1 Å². The topological polar surface area (TPSA) is 133 Å². The van der Waals surface area contributed by atoms with Crippen LogP contribution in [-0.4, -0.2) is 95.5 Å². The second kappa shape index (κ2) is 28.9. The molecule has 2 aliphatic rings. The van der Waals surface area contributed by atoms with E-state index >= 15 is 0 Å². The summed E-state index contributed by atoms with van der Waals surface area (Å²) >= 11 is 25.4. The van der Waals surface area contributed by atoms with Gasteiger partial charge in [0.15, 0.2) is 11.4 Å². The average Bonchev–Trinajstić information content (AvgIpc) is 3.40. The van der Waals surface area contributed by atoms with Crippen LogP contribution in [-0.2, 0) is 14.3 Å². The zero-order valence-corrected chi connectivity index (χ0v) is 44.5. The molecule has 13 nitrogen and oxygen atoms in total. The van der Waals surface area contributed by atoms with Gasteiger partial charge in [-0.05, 0) is 84.6 Å². The monoisotopic (exact) mass is 1100 g/mol. The number of piperazine rings is 2. The fourth-order valence-corrected chi connectivity index (χ4v) is 9.96. The standard InChI is InChI=1S/C27H27Cl2N3O2.C18H20Cl2N2O2.C10H11NO3S.CH4/c1-19(20-5-9-23(30-2)10-6-20)31-13-14-32(27(18-31)21-3-7-22(28)8-4-21)26-12-11-24(17-25(26)29)34-16-15-33;19-14-3-1-13(2-4-14)18-12-21-7-8-22(18)17-6-5-15(11-16(17)20)24-10-9-23;1-8(14-15(3,12)13)9-4-6-10(11-2)7-5-9;/h3-12,17,19,27,33H,13-16,18H2,1H3;1-6,11,18,21,23H,7-10,12H2;4-8H,1,3H3;1H4/t19-,27+;18-;8-;/m100./s1. The highest BCUT2D eigenvalue weighted by molar-refractivity contribution is 7.86. The Morgan fingerprint density at radius 3 is 1.55 bits per heavy atom. The highest BCUT2D eigenvalue weighted by Crippen LogP contribution is 2.40. The van der Waals surface area contributed by atoms with Crippen molar-refractivity contribution >= 4 is 79.3 Å². The largest absolute Gasteiger partial charge is 0.491 e. The summed E-state index contributed by atoms with van der Waals surface area (Å²) < 4.78 is 37.5. The molecular formula is C56H62Cl4N6O7S. The van der Waals surface area contributed by atoms with Crippen LogP contribution >= 0.6 is 46.4 Å². The lowest BCUT2D eigenvalue weighted by Gasteiger charge is -2.45. The third-order valence-electron chi connectivity index (χ3n) is 12.2. The first kappa shape index (κ1) is 59.3. The van der Waals surface area contributed by atoms with Crippen molar-refractivity contribution in [2.75, 3.05) is 81.8 Å². The van der Waals surface area contributed by atoms with Gasteiger partial charge >= 0.3 is 0 Å². The molecule has 18 heteroatoms. The van der Waals surface area contributed by atoms with Crippen molar-refractivity contribution in [1.82, 2.24) is 10.2 Å². The number of aliphatic hydroxyl groups excluding tert-OH is 2. The fourth-order valence-electron chi connectivity index (χ4n) is 8.51. The molecule has 0 radical (unpaired) electrons. The molecule has 0 aliphatic carbocycles. The third kappa shape index (κ3) is 17.0. The molecule has 6 aromatic rings. The van der Waals surface area contributed by atoms with Gasteiger partial charge in [0.1, 0.15) is 24.7 Å². The first-order valence-corrected chi connectivity index (χ1v) is 26.8. The molecule has 2 fully saturated rings. The summed E-state index contributed by atoms with van der Waals surface area (Å²) in [6, 6.07) is 42.2. The number of benzene rings is 6. The smallest absolute Gasteiger partial charge is 0.264 e. The molecule has 74 heavy (non-hydrogen) atoms. The van der Waals surface area contributed by atoms with E-state index in [-0.39, 0.29) is 52.0 Å². The first-order chi connectivity index (χ1) is 35.1. The van der Waals surface area contributed by atoms with E-state index in [9.17, 15) is 8.42 Å². The SMILES string of the molecule is C.OCCOc1ccc(N2CCNC[C@H]2c2ccc(Cl)cc2)c(Cl)c1.[C-]#[N+]c1ccc([C@@H](C)N2CCN(c3ccc(OCCO)cc3Cl)[C@H](c3ccc(Cl)cc3)C2)cc1.[C-]#[N+]c1ccc([C@H](C)OS(C)(=O)=O)cc1. The van der Waals surface area contributed by atoms with Gasteiger partial charge in [-0.15, -0.1) is 0 Å². The molecule has 4 atom stereocenters. The van der Waals surface area contributed by atoms with Gasteiger partial charge in [-0.2, -0.15) is 8.42 Å². The van der Waals surface area contributed by atoms with E-state index in [1.165, 1.54) is 16.7 Å². The summed E-state index contributed by atoms with van der Waals surface area (Å²) in [6.45, 7) is 23.3. The van der Waals surface area contributed by atoms with Crippen LogP contribution in [0.5, 0.6) is 11.5 Å². The molecule has 8 rings (SSSR count). The van der Waals surface area contributed by atoms with Crippen LogP contribution in [0.4, 0.5) is 22.7 Å². The average molecular weight is 1110 g/mol. The lowest BCUT2D eigenvalue weighted by atomic mass is 9.98. The second-order valence-corrected chi connectivity index (χ2v) is 20.4. The van der Waals surface area contributed by atoms with Crippen molar-refractivity contribution in [3.8, 4) is 11.5 Å². The minimum Gasteiger partial charge on any atom is -0.491 e. The van der Waals surface area contributed by atoms with Gasteiger partial charge in [-0.25, -0.2) is 9.69 Å². The number of anilines is 2. The number of nitrogens with zero attached hydrogens (tertiary/aromatic N) is 5. The lowest BCUT2D eigenvalue weighted by molar-refractivity contribution is 0.171. The zero-order valence-electron chi connectivity index (χ0n) is 40.7. The number of ether oxygens (including phenoxy) is 2. The van der Waals surface area contributed by atoms with Gasteiger partial charge in [0.05, 0.1) is 72.2 Å². The number of aliphatic hydroxyl groups is 2. The molecule has 2 heterocycles. The van der Waals surface area contributed by atoms with Gasteiger partial charge in [0, 0.05) is 67.5 Å². The van der Waals surface area contributed by atoms with E-state index < -0.39 is 16.2 Å². The summed E-state index contributed by atoms with van der Waals surface area (Å²) in [4.78, 5) is 13.8. The number of halogens is 4. The van der Waals surface area contributed by atoms with Crippen LogP contribution in [0.15, 0.2) is 133 Å². The Hall–Kier alpha value is -5.59. The number of nitrogens with one attached hydrogen (secondary N) is 1. The Labute approximate surface area is 456 Å². The highest BCUT2D eigenvalue weighted by atomic mass is 35.5. The zero-order chi connectivity index (χ0) is 52.5. The molecule has 0 aromatic heterocycles. The summed E-state index contributed by atoms with van der Waals surface area (Å²) in [5, 5.41) is 24.0. The van der Waals surface area contributed by atoms with Crippen LogP contribution in [0.2, 0.25) is 20.1 Å². The van der Waals surface area contributed by atoms with Crippen molar-refractivity contribution in [1.29, 1.82) is 0 Å². The van der Waals surface area contributed by atoms with Gasteiger partial charge < -0.3 is 34.8 Å². The Morgan fingerprint density at radius 1 is 0.649 bits per heavy atom. The molecule has 2 aliphatic heterocycles. The van der Waals surface area contributed by atoms with Gasteiger partial charge in [-0.3, -0.25) is 9.08 Å². The van der Waals surface area contributed by atoms with Crippen molar-refractivity contribution in [3.05, 3.63) is 199 Å².